The minimum absolute atomic E-state index is 0.00486. The summed E-state index contributed by atoms with van der Waals surface area (Å²) in [4.78, 5) is 29.0. The topological polar surface area (TPSA) is 72.9 Å². The second-order valence-electron chi connectivity index (χ2n) is 7.72. The van der Waals surface area contributed by atoms with E-state index in [-0.39, 0.29) is 23.6 Å². The number of piperidine rings is 1. The van der Waals surface area contributed by atoms with Crippen molar-refractivity contribution in [1.82, 2.24) is 15.1 Å². The number of carbonyl (C=O) groups is 2. The first-order valence-electron chi connectivity index (χ1n) is 10.2. The fraction of sp³-hybridized carbons (Fsp3) is 0.391. The van der Waals surface area contributed by atoms with Crippen LogP contribution in [-0.4, -0.2) is 59.4 Å². The van der Waals surface area contributed by atoms with Crippen LogP contribution in [0.1, 0.15) is 46.0 Å². The van der Waals surface area contributed by atoms with Gasteiger partial charge in [-0.25, -0.2) is 0 Å². The van der Waals surface area contributed by atoms with Gasteiger partial charge in [0.25, 0.3) is 11.8 Å². The van der Waals surface area contributed by atoms with E-state index in [1.165, 1.54) is 0 Å². The summed E-state index contributed by atoms with van der Waals surface area (Å²) < 4.78 is 0. The van der Waals surface area contributed by atoms with Crippen molar-refractivity contribution in [3.63, 3.8) is 0 Å². The monoisotopic (exact) mass is 429 g/mol. The molecule has 2 aromatic carbocycles. The molecule has 7 heteroatoms. The van der Waals surface area contributed by atoms with Crippen molar-refractivity contribution < 1.29 is 14.7 Å². The van der Waals surface area contributed by atoms with Gasteiger partial charge in [0, 0.05) is 54.4 Å². The quantitative estimate of drug-likeness (QED) is 0.736. The van der Waals surface area contributed by atoms with Crippen LogP contribution in [0.4, 0.5) is 0 Å². The van der Waals surface area contributed by atoms with Gasteiger partial charge in [-0.1, -0.05) is 17.7 Å². The number of phenolic OH excluding ortho intramolecular Hbond substituents is 1. The second kappa shape index (κ2) is 9.96. The highest BCUT2D eigenvalue weighted by molar-refractivity contribution is 6.30. The Balaban J connectivity index is 1.63. The highest BCUT2D eigenvalue weighted by Crippen LogP contribution is 2.24. The van der Waals surface area contributed by atoms with E-state index in [4.69, 9.17) is 11.6 Å². The smallest absolute Gasteiger partial charge is 0.253 e. The Morgan fingerprint density at radius 3 is 2.77 bits per heavy atom. The molecule has 30 heavy (non-hydrogen) atoms. The molecule has 1 unspecified atom stereocenters. The molecular weight excluding hydrogens is 402 g/mol. The lowest BCUT2D eigenvalue weighted by atomic mass is 10.0. The molecule has 0 saturated carbocycles. The van der Waals surface area contributed by atoms with Gasteiger partial charge < -0.3 is 15.3 Å². The van der Waals surface area contributed by atoms with E-state index in [0.29, 0.717) is 35.8 Å². The highest BCUT2D eigenvalue weighted by Gasteiger charge is 2.23. The number of likely N-dealkylation sites (tertiary alicyclic amines) is 1. The van der Waals surface area contributed by atoms with Gasteiger partial charge in [-0.15, -0.1) is 0 Å². The van der Waals surface area contributed by atoms with Crippen molar-refractivity contribution in [3.8, 4) is 5.75 Å². The lowest BCUT2D eigenvalue weighted by Gasteiger charge is -2.33. The first-order valence-corrected chi connectivity index (χ1v) is 10.6. The molecule has 0 radical (unpaired) electrons. The van der Waals surface area contributed by atoms with Crippen LogP contribution < -0.4 is 5.32 Å². The Morgan fingerprint density at radius 1 is 1.23 bits per heavy atom. The number of nitrogens with one attached hydrogen (secondary N) is 1. The van der Waals surface area contributed by atoms with Crippen molar-refractivity contribution in [3.05, 3.63) is 64.2 Å². The van der Waals surface area contributed by atoms with Gasteiger partial charge in [0.1, 0.15) is 5.75 Å². The molecule has 0 spiro atoms. The Morgan fingerprint density at radius 2 is 2.00 bits per heavy atom. The van der Waals surface area contributed by atoms with Crippen LogP contribution >= 0.6 is 11.6 Å². The number of amides is 2. The number of nitrogens with zero attached hydrogens (tertiary/aromatic N) is 2. The van der Waals surface area contributed by atoms with E-state index in [0.717, 1.165) is 24.9 Å². The summed E-state index contributed by atoms with van der Waals surface area (Å²) in [5.74, 6) is -0.0531. The predicted molar refractivity (Wildman–Crippen MR) is 118 cm³/mol. The number of benzene rings is 2. The molecule has 1 aliphatic rings. The van der Waals surface area contributed by atoms with Crippen LogP contribution in [0.3, 0.4) is 0 Å². The largest absolute Gasteiger partial charge is 0.508 e. The minimum atomic E-state index is -0.179. The van der Waals surface area contributed by atoms with Gasteiger partial charge in [0.05, 0.1) is 0 Å². The number of hydrogen-bond acceptors (Lipinski definition) is 4. The maximum atomic E-state index is 12.8. The van der Waals surface area contributed by atoms with Gasteiger partial charge in [0.2, 0.25) is 0 Å². The molecule has 1 heterocycles. The van der Waals surface area contributed by atoms with Crippen LogP contribution in [0.15, 0.2) is 42.5 Å². The zero-order chi connectivity index (χ0) is 21.7. The summed E-state index contributed by atoms with van der Waals surface area (Å²) in [7, 11) is 1.74. The first-order chi connectivity index (χ1) is 14.4. The number of aromatic hydroxyl groups is 1. The molecule has 160 valence electrons. The average molecular weight is 430 g/mol. The van der Waals surface area contributed by atoms with Gasteiger partial charge in [-0.05, 0) is 62.7 Å². The Labute approximate surface area is 182 Å². The molecular formula is C23H28ClN3O3. The molecule has 3 rings (SSSR count). The number of hydrogen-bond donors (Lipinski definition) is 2. The Kier molecular flexibility index (Phi) is 7.34. The van der Waals surface area contributed by atoms with E-state index in [1.807, 2.05) is 6.92 Å². The SMILES string of the molecule is CCN(C)C(=O)c1cccc(C(=O)NC2CCCN(Cc3cc(Cl)ccc3O)C2)c1. The Bertz CT molecular complexity index is 918. The third-order valence-electron chi connectivity index (χ3n) is 5.47. The Hall–Kier alpha value is -2.57. The molecule has 2 aromatic rings. The summed E-state index contributed by atoms with van der Waals surface area (Å²) >= 11 is 6.05. The summed E-state index contributed by atoms with van der Waals surface area (Å²) in [6, 6.07) is 11.9. The molecule has 2 amide bonds. The third-order valence-corrected chi connectivity index (χ3v) is 5.70. The van der Waals surface area contributed by atoms with E-state index in [9.17, 15) is 14.7 Å². The standard InChI is InChI=1S/C23H28ClN3O3/c1-3-26(2)23(30)17-7-4-6-16(12-17)22(29)25-20-8-5-11-27(15-20)14-18-13-19(24)9-10-21(18)28/h4,6-7,9-10,12-13,20,28H,3,5,8,11,14-15H2,1-2H3,(H,25,29). The molecule has 1 saturated heterocycles. The normalized spacial score (nSPS) is 16.8. The minimum Gasteiger partial charge on any atom is -0.508 e. The second-order valence-corrected chi connectivity index (χ2v) is 8.16. The maximum Gasteiger partial charge on any atom is 0.253 e. The summed E-state index contributed by atoms with van der Waals surface area (Å²) in [6.07, 6.45) is 1.84. The molecule has 0 aliphatic carbocycles. The molecule has 1 atom stereocenters. The summed E-state index contributed by atoms with van der Waals surface area (Å²) in [5, 5.41) is 13.7. The lowest BCUT2D eigenvalue weighted by Crippen LogP contribution is -2.47. The van der Waals surface area contributed by atoms with E-state index in [1.54, 1.807) is 54.4 Å². The number of halogens is 1. The van der Waals surface area contributed by atoms with E-state index >= 15 is 0 Å². The van der Waals surface area contributed by atoms with E-state index < -0.39 is 0 Å². The summed E-state index contributed by atoms with van der Waals surface area (Å²) in [6.45, 7) is 4.68. The fourth-order valence-electron chi connectivity index (χ4n) is 3.66. The maximum absolute atomic E-state index is 12.8. The first kappa shape index (κ1) is 22.1. The molecule has 1 fully saturated rings. The molecule has 0 aromatic heterocycles. The van der Waals surface area contributed by atoms with Crippen LogP contribution in [-0.2, 0) is 6.54 Å². The van der Waals surface area contributed by atoms with Gasteiger partial charge >= 0.3 is 0 Å². The third kappa shape index (κ3) is 5.52. The zero-order valence-corrected chi connectivity index (χ0v) is 18.2. The number of phenols is 1. The number of rotatable bonds is 6. The molecule has 1 aliphatic heterocycles. The van der Waals surface area contributed by atoms with Crippen LogP contribution in [0.25, 0.3) is 0 Å². The number of carbonyl (C=O) groups excluding carboxylic acids is 2. The van der Waals surface area contributed by atoms with Crippen molar-refractivity contribution in [2.24, 2.45) is 0 Å². The van der Waals surface area contributed by atoms with Crippen LogP contribution in [0.5, 0.6) is 5.75 Å². The predicted octanol–water partition coefficient (Wildman–Crippen LogP) is 3.53. The van der Waals surface area contributed by atoms with Crippen molar-refractivity contribution in [2.75, 3.05) is 26.7 Å². The lowest BCUT2D eigenvalue weighted by molar-refractivity contribution is 0.0802. The summed E-state index contributed by atoms with van der Waals surface area (Å²) in [5.41, 5.74) is 1.77. The van der Waals surface area contributed by atoms with Crippen LogP contribution in [0, 0.1) is 0 Å². The van der Waals surface area contributed by atoms with Crippen LogP contribution in [0.2, 0.25) is 5.02 Å². The van der Waals surface area contributed by atoms with Crippen molar-refractivity contribution >= 4 is 23.4 Å². The zero-order valence-electron chi connectivity index (χ0n) is 17.4. The van der Waals surface area contributed by atoms with Gasteiger partial charge in [-0.3, -0.25) is 14.5 Å². The molecule has 0 bridgehead atoms. The average Bonchev–Trinajstić information content (AvgIpc) is 2.75. The fourth-order valence-corrected chi connectivity index (χ4v) is 3.86. The van der Waals surface area contributed by atoms with Gasteiger partial charge in [0.15, 0.2) is 0 Å². The van der Waals surface area contributed by atoms with Crippen molar-refractivity contribution in [1.29, 1.82) is 0 Å². The van der Waals surface area contributed by atoms with Gasteiger partial charge in [-0.2, -0.15) is 0 Å². The van der Waals surface area contributed by atoms with E-state index in [2.05, 4.69) is 10.2 Å². The molecule has 6 nitrogen and oxygen atoms in total. The molecule has 2 N–H and O–H groups in total. The highest BCUT2D eigenvalue weighted by atomic mass is 35.5. The van der Waals surface area contributed by atoms with Crippen molar-refractivity contribution in [2.45, 2.75) is 32.4 Å².